The Labute approximate surface area is 95.8 Å². The fraction of sp³-hybridized carbons (Fsp3) is 0.417. The minimum Gasteiger partial charge on any atom is -0.496 e. The van der Waals surface area contributed by atoms with E-state index >= 15 is 0 Å². The van der Waals surface area contributed by atoms with Crippen molar-refractivity contribution in [3.8, 4) is 5.75 Å². The van der Waals surface area contributed by atoms with Crippen molar-refractivity contribution in [2.24, 2.45) is 0 Å². The van der Waals surface area contributed by atoms with E-state index in [0.717, 1.165) is 22.6 Å². The standard InChI is InChI=1S/C12H17NO3/c1-8-7-11(15-4)9(2)6-10(8)13(3)12(14)16-5/h6-7H,1-5H3. The second-order valence-electron chi connectivity index (χ2n) is 3.64. The highest BCUT2D eigenvalue weighted by atomic mass is 16.5. The zero-order chi connectivity index (χ0) is 12.3. The molecule has 0 bridgehead atoms. The molecule has 88 valence electrons. The number of hydrogen-bond acceptors (Lipinski definition) is 3. The average molecular weight is 223 g/mol. The number of hydrogen-bond donors (Lipinski definition) is 0. The number of amides is 1. The highest BCUT2D eigenvalue weighted by molar-refractivity contribution is 5.88. The van der Waals surface area contributed by atoms with Crippen LogP contribution in [0.2, 0.25) is 0 Å². The zero-order valence-electron chi connectivity index (χ0n) is 10.3. The molecule has 0 saturated heterocycles. The number of anilines is 1. The molecule has 1 amide bonds. The SMILES string of the molecule is COC(=O)N(C)c1cc(C)c(OC)cc1C. The Morgan fingerprint density at radius 1 is 1.19 bits per heavy atom. The first-order chi connectivity index (χ1) is 7.51. The van der Waals surface area contributed by atoms with Crippen LogP contribution in [0.5, 0.6) is 5.75 Å². The molecule has 1 aromatic carbocycles. The Morgan fingerprint density at radius 2 is 1.81 bits per heavy atom. The molecule has 0 radical (unpaired) electrons. The van der Waals surface area contributed by atoms with Gasteiger partial charge in [0.15, 0.2) is 0 Å². The summed E-state index contributed by atoms with van der Waals surface area (Å²) in [6, 6.07) is 3.81. The van der Waals surface area contributed by atoms with E-state index in [2.05, 4.69) is 4.74 Å². The number of benzene rings is 1. The summed E-state index contributed by atoms with van der Waals surface area (Å²) in [6.07, 6.45) is -0.382. The van der Waals surface area contributed by atoms with Gasteiger partial charge in [0.2, 0.25) is 0 Å². The maximum atomic E-state index is 11.4. The molecule has 0 aliphatic carbocycles. The van der Waals surface area contributed by atoms with Gasteiger partial charge in [0.25, 0.3) is 0 Å². The van der Waals surface area contributed by atoms with E-state index in [9.17, 15) is 4.79 Å². The van der Waals surface area contributed by atoms with Gasteiger partial charge in [-0.1, -0.05) is 0 Å². The topological polar surface area (TPSA) is 38.8 Å². The molecular weight excluding hydrogens is 206 g/mol. The summed E-state index contributed by atoms with van der Waals surface area (Å²) in [7, 11) is 4.68. The van der Waals surface area contributed by atoms with E-state index < -0.39 is 0 Å². The molecule has 0 aliphatic rings. The largest absolute Gasteiger partial charge is 0.496 e. The third kappa shape index (κ3) is 2.27. The van der Waals surface area contributed by atoms with E-state index in [0.29, 0.717) is 0 Å². The van der Waals surface area contributed by atoms with E-state index in [4.69, 9.17) is 4.74 Å². The smallest absolute Gasteiger partial charge is 0.413 e. The molecular formula is C12H17NO3. The van der Waals surface area contributed by atoms with Crippen LogP contribution in [-0.4, -0.2) is 27.4 Å². The summed E-state index contributed by atoms with van der Waals surface area (Å²) < 4.78 is 9.89. The van der Waals surface area contributed by atoms with Gasteiger partial charge >= 0.3 is 6.09 Å². The lowest BCUT2D eigenvalue weighted by atomic mass is 10.1. The Bertz CT molecular complexity index is 401. The van der Waals surface area contributed by atoms with Crippen molar-refractivity contribution < 1.29 is 14.3 Å². The lowest BCUT2D eigenvalue weighted by Gasteiger charge is -2.19. The Kier molecular flexibility index (Phi) is 3.77. The summed E-state index contributed by atoms with van der Waals surface area (Å²) in [5.41, 5.74) is 2.78. The van der Waals surface area contributed by atoms with Gasteiger partial charge in [0.05, 0.1) is 19.9 Å². The Hall–Kier alpha value is -1.71. The molecule has 0 spiro atoms. The van der Waals surface area contributed by atoms with Gasteiger partial charge in [-0.2, -0.15) is 0 Å². The van der Waals surface area contributed by atoms with Crippen LogP contribution in [-0.2, 0) is 4.74 Å². The van der Waals surface area contributed by atoms with Crippen LogP contribution in [0.25, 0.3) is 0 Å². The summed E-state index contributed by atoms with van der Waals surface area (Å²) in [5, 5.41) is 0. The predicted molar refractivity (Wildman–Crippen MR) is 63.3 cm³/mol. The van der Waals surface area contributed by atoms with Crippen molar-refractivity contribution in [2.75, 3.05) is 26.2 Å². The molecule has 4 nitrogen and oxygen atoms in total. The maximum Gasteiger partial charge on any atom is 0.413 e. The number of nitrogens with zero attached hydrogens (tertiary/aromatic N) is 1. The third-order valence-electron chi connectivity index (χ3n) is 2.52. The second-order valence-corrected chi connectivity index (χ2v) is 3.64. The fourth-order valence-corrected chi connectivity index (χ4v) is 1.59. The number of methoxy groups -OCH3 is 2. The predicted octanol–water partition coefficient (Wildman–Crippen LogP) is 2.51. The normalized spacial score (nSPS) is 9.81. The molecule has 0 atom stereocenters. The highest BCUT2D eigenvalue weighted by Gasteiger charge is 2.14. The van der Waals surface area contributed by atoms with Gasteiger partial charge in [-0.3, -0.25) is 4.90 Å². The molecule has 0 fully saturated rings. The maximum absolute atomic E-state index is 11.4. The molecule has 4 heteroatoms. The quantitative estimate of drug-likeness (QED) is 0.773. The first-order valence-electron chi connectivity index (χ1n) is 4.98. The van der Waals surface area contributed by atoms with Crippen molar-refractivity contribution in [1.82, 2.24) is 0 Å². The van der Waals surface area contributed by atoms with Crippen molar-refractivity contribution in [2.45, 2.75) is 13.8 Å². The second kappa shape index (κ2) is 4.88. The minimum atomic E-state index is -0.382. The molecule has 16 heavy (non-hydrogen) atoms. The van der Waals surface area contributed by atoms with Crippen LogP contribution in [0, 0.1) is 13.8 Å². The summed E-state index contributed by atoms with van der Waals surface area (Å²) in [6.45, 7) is 3.86. The molecule has 0 heterocycles. The van der Waals surface area contributed by atoms with Gasteiger partial charge < -0.3 is 9.47 Å². The third-order valence-corrected chi connectivity index (χ3v) is 2.52. The lowest BCUT2D eigenvalue weighted by Crippen LogP contribution is -2.26. The van der Waals surface area contributed by atoms with Crippen LogP contribution in [0.15, 0.2) is 12.1 Å². The highest BCUT2D eigenvalue weighted by Crippen LogP contribution is 2.28. The summed E-state index contributed by atoms with van der Waals surface area (Å²) in [5.74, 6) is 0.819. The van der Waals surface area contributed by atoms with Crippen LogP contribution in [0.1, 0.15) is 11.1 Å². The summed E-state index contributed by atoms with van der Waals surface area (Å²) >= 11 is 0. The first kappa shape index (κ1) is 12.4. The monoisotopic (exact) mass is 223 g/mol. The van der Waals surface area contributed by atoms with E-state index in [-0.39, 0.29) is 6.09 Å². The summed E-state index contributed by atoms with van der Waals surface area (Å²) in [4.78, 5) is 12.9. The van der Waals surface area contributed by atoms with Gasteiger partial charge in [0, 0.05) is 7.05 Å². The minimum absolute atomic E-state index is 0.382. The average Bonchev–Trinajstić information content (AvgIpc) is 2.29. The molecule has 0 saturated carbocycles. The lowest BCUT2D eigenvalue weighted by molar-refractivity contribution is 0.180. The molecule has 0 unspecified atom stereocenters. The number of aryl methyl sites for hydroxylation is 2. The van der Waals surface area contributed by atoms with Crippen molar-refractivity contribution in [3.63, 3.8) is 0 Å². The van der Waals surface area contributed by atoms with E-state index in [1.807, 2.05) is 26.0 Å². The van der Waals surface area contributed by atoms with Gasteiger partial charge in [0.1, 0.15) is 5.75 Å². The van der Waals surface area contributed by atoms with Crippen molar-refractivity contribution in [1.29, 1.82) is 0 Å². The zero-order valence-corrected chi connectivity index (χ0v) is 10.3. The molecule has 1 rings (SSSR count). The molecule has 0 aromatic heterocycles. The van der Waals surface area contributed by atoms with Crippen molar-refractivity contribution in [3.05, 3.63) is 23.3 Å². The molecule has 0 aliphatic heterocycles. The van der Waals surface area contributed by atoms with Crippen molar-refractivity contribution >= 4 is 11.8 Å². The number of rotatable bonds is 2. The van der Waals surface area contributed by atoms with E-state index in [1.165, 1.54) is 12.0 Å². The van der Waals surface area contributed by atoms with Gasteiger partial charge in [-0.25, -0.2) is 4.79 Å². The van der Waals surface area contributed by atoms with Crippen LogP contribution >= 0.6 is 0 Å². The Balaban J connectivity index is 3.15. The number of carbonyl (C=O) groups is 1. The van der Waals surface area contributed by atoms with Crippen LogP contribution < -0.4 is 9.64 Å². The van der Waals surface area contributed by atoms with Gasteiger partial charge in [-0.15, -0.1) is 0 Å². The number of carbonyl (C=O) groups excluding carboxylic acids is 1. The number of ether oxygens (including phenoxy) is 2. The molecule has 0 N–H and O–H groups in total. The van der Waals surface area contributed by atoms with E-state index in [1.54, 1.807) is 14.2 Å². The Morgan fingerprint density at radius 3 is 2.31 bits per heavy atom. The van der Waals surface area contributed by atoms with Crippen LogP contribution in [0.3, 0.4) is 0 Å². The van der Waals surface area contributed by atoms with Gasteiger partial charge in [-0.05, 0) is 37.1 Å². The molecule has 1 aromatic rings. The fourth-order valence-electron chi connectivity index (χ4n) is 1.59. The first-order valence-corrected chi connectivity index (χ1v) is 4.98. The van der Waals surface area contributed by atoms with Crippen LogP contribution in [0.4, 0.5) is 10.5 Å².